The normalized spacial score (nSPS) is 42.4. The Balaban J connectivity index is 1.98. The maximum atomic E-state index is 11.9. The van der Waals surface area contributed by atoms with Gasteiger partial charge in [0, 0.05) is 12.5 Å². The highest BCUT2D eigenvalue weighted by Gasteiger charge is 2.43. The van der Waals surface area contributed by atoms with Gasteiger partial charge in [0.15, 0.2) is 0 Å². The fourth-order valence-corrected chi connectivity index (χ4v) is 2.31. The second-order valence-corrected chi connectivity index (χ2v) is 4.80. The molecular weight excluding hydrogens is 178 g/mol. The zero-order valence-corrected chi connectivity index (χ0v) is 8.94. The van der Waals surface area contributed by atoms with Crippen molar-refractivity contribution in [1.82, 2.24) is 4.90 Å². The molecule has 3 nitrogen and oxygen atoms in total. The van der Waals surface area contributed by atoms with Crippen molar-refractivity contribution in [3.63, 3.8) is 0 Å². The molecule has 14 heavy (non-hydrogen) atoms. The molecule has 80 valence electrons. The molecule has 1 saturated carbocycles. The lowest BCUT2D eigenvalue weighted by atomic mass is 9.99. The van der Waals surface area contributed by atoms with Gasteiger partial charge >= 0.3 is 0 Å². The predicted octanol–water partition coefficient (Wildman–Crippen LogP) is 1.01. The molecule has 2 aliphatic rings. The molecule has 1 aliphatic carbocycles. The van der Waals surface area contributed by atoms with Crippen LogP contribution in [0.1, 0.15) is 33.1 Å². The third-order valence-corrected chi connectivity index (χ3v) is 3.66. The Morgan fingerprint density at radius 3 is 2.64 bits per heavy atom. The second kappa shape index (κ2) is 3.54. The molecule has 3 heteroatoms. The first-order chi connectivity index (χ1) is 6.61. The molecule has 1 amide bonds. The van der Waals surface area contributed by atoms with Crippen LogP contribution in [0.15, 0.2) is 0 Å². The van der Waals surface area contributed by atoms with Crippen molar-refractivity contribution in [2.24, 2.45) is 11.8 Å². The molecule has 0 bridgehead atoms. The van der Waals surface area contributed by atoms with E-state index in [4.69, 9.17) is 0 Å². The number of likely N-dealkylation sites (tertiary alicyclic amines) is 1. The van der Waals surface area contributed by atoms with Crippen LogP contribution in [0, 0.1) is 11.8 Å². The van der Waals surface area contributed by atoms with Crippen molar-refractivity contribution in [3.8, 4) is 0 Å². The number of hydrogen-bond donors (Lipinski definition) is 1. The van der Waals surface area contributed by atoms with E-state index in [-0.39, 0.29) is 24.0 Å². The fraction of sp³-hybridized carbons (Fsp3) is 0.909. The Kier molecular flexibility index (Phi) is 2.52. The van der Waals surface area contributed by atoms with Crippen molar-refractivity contribution in [2.45, 2.75) is 45.3 Å². The van der Waals surface area contributed by atoms with Crippen LogP contribution in [-0.4, -0.2) is 34.6 Å². The summed E-state index contributed by atoms with van der Waals surface area (Å²) in [7, 11) is 0. The number of aliphatic hydroxyl groups excluding tert-OH is 1. The summed E-state index contributed by atoms with van der Waals surface area (Å²) in [5.74, 6) is 1.08. The maximum absolute atomic E-state index is 11.9. The minimum absolute atomic E-state index is 0.0176. The van der Waals surface area contributed by atoms with Crippen LogP contribution in [0.4, 0.5) is 0 Å². The van der Waals surface area contributed by atoms with E-state index in [1.165, 1.54) is 0 Å². The number of carbonyl (C=O) groups is 1. The van der Waals surface area contributed by atoms with Gasteiger partial charge in [-0.25, -0.2) is 0 Å². The summed E-state index contributed by atoms with van der Waals surface area (Å²) in [6.07, 6.45) is 2.50. The molecule has 0 aromatic rings. The van der Waals surface area contributed by atoms with Gasteiger partial charge in [0.25, 0.3) is 0 Å². The number of aliphatic hydroxyl groups is 1. The summed E-state index contributed by atoms with van der Waals surface area (Å²) in [5, 5.41) is 9.67. The molecule has 1 saturated heterocycles. The molecule has 0 aromatic heterocycles. The molecule has 0 aromatic carbocycles. The lowest BCUT2D eigenvalue weighted by Crippen LogP contribution is -2.50. The molecule has 0 radical (unpaired) electrons. The number of piperidine rings is 1. The maximum Gasteiger partial charge on any atom is 0.226 e. The lowest BCUT2D eigenvalue weighted by Gasteiger charge is -2.37. The summed E-state index contributed by atoms with van der Waals surface area (Å²) in [4.78, 5) is 13.8. The summed E-state index contributed by atoms with van der Waals surface area (Å²) in [6.45, 7) is 4.91. The second-order valence-electron chi connectivity index (χ2n) is 4.80. The summed E-state index contributed by atoms with van der Waals surface area (Å²) in [5.41, 5.74) is 0. The highest BCUT2D eigenvalue weighted by molar-refractivity contribution is 5.82. The van der Waals surface area contributed by atoms with Crippen LogP contribution in [0.3, 0.4) is 0 Å². The van der Waals surface area contributed by atoms with Crippen molar-refractivity contribution < 1.29 is 9.90 Å². The zero-order valence-electron chi connectivity index (χ0n) is 8.94. The summed E-state index contributed by atoms with van der Waals surface area (Å²) in [6, 6.07) is 0.0176. The first kappa shape index (κ1) is 9.97. The average molecular weight is 197 g/mol. The van der Waals surface area contributed by atoms with Crippen LogP contribution < -0.4 is 0 Å². The van der Waals surface area contributed by atoms with E-state index >= 15 is 0 Å². The van der Waals surface area contributed by atoms with Gasteiger partial charge in [0.1, 0.15) is 0 Å². The van der Waals surface area contributed by atoms with Crippen LogP contribution in [0.2, 0.25) is 0 Å². The number of rotatable bonds is 1. The van der Waals surface area contributed by atoms with Crippen molar-refractivity contribution in [2.75, 3.05) is 6.54 Å². The van der Waals surface area contributed by atoms with Gasteiger partial charge in [-0.2, -0.15) is 0 Å². The third-order valence-electron chi connectivity index (χ3n) is 3.66. The standard InChI is InChI=1S/C11H19NO2/c1-7-6-9(7)11(14)12-5-3-4-10(13)8(12)2/h7-10,13H,3-6H2,1-2H3. The van der Waals surface area contributed by atoms with Crippen LogP contribution >= 0.6 is 0 Å². The lowest BCUT2D eigenvalue weighted by molar-refractivity contribution is -0.139. The number of nitrogens with zero attached hydrogens (tertiary/aromatic N) is 1. The molecule has 4 atom stereocenters. The minimum atomic E-state index is -0.318. The monoisotopic (exact) mass is 197 g/mol. The molecule has 1 heterocycles. The fourth-order valence-electron chi connectivity index (χ4n) is 2.31. The van der Waals surface area contributed by atoms with Gasteiger partial charge in [0.05, 0.1) is 12.1 Å². The van der Waals surface area contributed by atoms with E-state index in [0.717, 1.165) is 25.8 Å². The number of hydrogen-bond acceptors (Lipinski definition) is 2. The Bertz CT molecular complexity index is 241. The van der Waals surface area contributed by atoms with E-state index in [0.29, 0.717) is 5.92 Å². The van der Waals surface area contributed by atoms with Crippen LogP contribution in [-0.2, 0) is 4.79 Å². The summed E-state index contributed by atoms with van der Waals surface area (Å²) >= 11 is 0. The Morgan fingerprint density at radius 1 is 1.43 bits per heavy atom. The van der Waals surface area contributed by atoms with Crippen molar-refractivity contribution >= 4 is 5.91 Å². The third kappa shape index (κ3) is 1.65. The largest absolute Gasteiger partial charge is 0.391 e. The molecule has 0 spiro atoms. The highest BCUT2D eigenvalue weighted by Crippen LogP contribution is 2.40. The molecular formula is C11H19NO2. The van der Waals surface area contributed by atoms with E-state index in [1.54, 1.807) is 0 Å². The summed E-state index contributed by atoms with van der Waals surface area (Å²) < 4.78 is 0. The minimum Gasteiger partial charge on any atom is -0.391 e. The van der Waals surface area contributed by atoms with Gasteiger partial charge in [-0.1, -0.05) is 6.92 Å². The quantitative estimate of drug-likeness (QED) is 0.681. The molecule has 2 rings (SSSR count). The smallest absolute Gasteiger partial charge is 0.226 e. The van der Waals surface area contributed by atoms with Crippen LogP contribution in [0.25, 0.3) is 0 Å². The zero-order chi connectivity index (χ0) is 10.3. The average Bonchev–Trinajstić information content (AvgIpc) is 2.87. The van der Waals surface area contributed by atoms with E-state index in [2.05, 4.69) is 6.92 Å². The van der Waals surface area contributed by atoms with Gasteiger partial charge < -0.3 is 10.0 Å². The Labute approximate surface area is 85.1 Å². The first-order valence-electron chi connectivity index (χ1n) is 5.60. The number of amides is 1. The SMILES string of the molecule is CC1CC1C(=O)N1CCCC(O)C1C. The Morgan fingerprint density at radius 2 is 2.07 bits per heavy atom. The number of carbonyl (C=O) groups excluding carboxylic acids is 1. The topological polar surface area (TPSA) is 40.5 Å². The molecule has 4 unspecified atom stereocenters. The van der Waals surface area contributed by atoms with Crippen molar-refractivity contribution in [1.29, 1.82) is 0 Å². The molecule has 2 fully saturated rings. The van der Waals surface area contributed by atoms with E-state index in [9.17, 15) is 9.90 Å². The van der Waals surface area contributed by atoms with Crippen LogP contribution in [0.5, 0.6) is 0 Å². The van der Waals surface area contributed by atoms with E-state index in [1.807, 2.05) is 11.8 Å². The highest BCUT2D eigenvalue weighted by atomic mass is 16.3. The predicted molar refractivity (Wildman–Crippen MR) is 53.7 cm³/mol. The molecule has 1 N–H and O–H groups in total. The van der Waals surface area contributed by atoms with Gasteiger partial charge in [-0.15, -0.1) is 0 Å². The van der Waals surface area contributed by atoms with Gasteiger partial charge in [0.2, 0.25) is 5.91 Å². The molecule has 1 aliphatic heterocycles. The Hall–Kier alpha value is -0.570. The van der Waals surface area contributed by atoms with Gasteiger partial charge in [-0.3, -0.25) is 4.79 Å². The van der Waals surface area contributed by atoms with E-state index < -0.39 is 0 Å². The van der Waals surface area contributed by atoms with Crippen molar-refractivity contribution in [3.05, 3.63) is 0 Å². The first-order valence-corrected chi connectivity index (χ1v) is 5.60. The van der Waals surface area contributed by atoms with Gasteiger partial charge in [-0.05, 0) is 32.1 Å².